The fourth-order valence-corrected chi connectivity index (χ4v) is 5.23. The zero-order valence-electron chi connectivity index (χ0n) is 17.0. The molecule has 1 heterocycles. The van der Waals surface area contributed by atoms with Crippen molar-refractivity contribution in [1.82, 2.24) is 9.21 Å². The Hall–Kier alpha value is -2.53. The number of benzene rings is 2. The number of nitro benzene ring substituents is 1. The van der Waals surface area contributed by atoms with Gasteiger partial charge in [0.15, 0.2) is 0 Å². The molecule has 9 nitrogen and oxygen atoms in total. The Kier molecular flexibility index (Phi) is 7.26. The highest BCUT2D eigenvalue weighted by Crippen LogP contribution is 2.25. The second kappa shape index (κ2) is 9.73. The van der Waals surface area contributed by atoms with Crippen molar-refractivity contribution < 1.29 is 18.1 Å². The van der Waals surface area contributed by atoms with Crippen LogP contribution in [0, 0.1) is 17.0 Å². The van der Waals surface area contributed by atoms with E-state index >= 15 is 0 Å². The van der Waals surface area contributed by atoms with Gasteiger partial charge in [-0.25, -0.2) is 8.42 Å². The largest absolute Gasteiger partial charge is 0.326 e. The van der Waals surface area contributed by atoms with Gasteiger partial charge in [-0.05, 0) is 24.6 Å². The van der Waals surface area contributed by atoms with Crippen LogP contribution in [0.2, 0.25) is 5.02 Å². The topological polar surface area (TPSA) is 113 Å². The average molecular weight is 467 g/mol. The number of nitrogens with one attached hydrogen (secondary N) is 1. The van der Waals surface area contributed by atoms with Gasteiger partial charge in [0.2, 0.25) is 15.9 Å². The van der Waals surface area contributed by atoms with E-state index in [2.05, 4.69) is 5.32 Å². The van der Waals surface area contributed by atoms with E-state index in [1.54, 1.807) is 31.2 Å². The van der Waals surface area contributed by atoms with Crippen LogP contribution in [0.15, 0.2) is 47.4 Å². The van der Waals surface area contributed by atoms with Gasteiger partial charge in [-0.3, -0.25) is 14.9 Å². The Labute approximate surface area is 185 Å². The first-order valence-corrected chi connectivity index (χ1v) is 11.5. The van der Waals surface area contributed by atoms with Crippen LogP contribution < -0.4 is 5.32 Å². The first-order chi connectivity index (χ1) is 14.7. The second-order valence-electron chi connectivity index (χ2n) is 7.23. The molecule has 0 aromatic heterocycles. The molecule has 1 fully saturated rings. The minimum atomic E-state index is -3.66. The molecular weight excluding hydrogens is 444 g/mol. The third-order valence-corrected chi connectivity index (χ3v) is 7.55. The van der Waals surface area contributed by atoms with Gasteiger partial charge in [-0.1, -0.05) is 29.8 Å². The van der Waals surface area contributed by atoms with E-state index in [0.717, 1.165) is 5.56 Å². The van der Waals surface area contributed by atoms with Crippen molar-refractivity contribution in [2.75, 3.05) is 38.0 Å². The van der Waals surface area contributed by atoms with Gasteiger partial charge in [0.25, 0.3) is 5.69 Å². The number of rotatable bonds is 7. The number of nitro groups is 1. The van der Waals surface area contributed by atoms with E-state index in [1.165, 1.54) is 22.5 Å². The van der Waals surface area contributed by atoms with E-state index in [1.807, 2.05) is 4.90 Å². The van der Waals surface area contributed by atoms with Crippen molar-refractivity contribution in [2.24, 2.45) is 0 Å². The molecule has 0 spiro atoms. The zero-order chi connectivity index (χ0) is 22.6. The molecule has 1 aliphatic heterocycles. The van der Waals surface area contributed by atoms with E-state index in [0.29, 0.717) is 38.4 Å². The molecule has 0 unspecified atom stereocenters. The van der Waals surface area contributed by atoms with Crippen LogP contribution in [0.4, 0.5) is 11.4 Å². The fourth-order valence-electron chi connectivity index (χ4n) is 3.32. The Bertz CT molecular complexity index is 1080. The van der Waals surface area contributed by atoms with Crippen molar-refractivity contribution in [3.8, 4) is 0 Å². The molecule has 1 amide bonds. The summed E-state index contributed by atoms with van der Waals surface area (Å²) in [4.78, 5) is 24.8. The molecule has 1 N–H and O–H groups in total. The molecule has 0 saturated carbocycles. The fraction of sp³-hybridized carbons (Fsp3) is 0.350. The van der Waals surface area contributed by atoms with E-state index in [-0.39, 0.29) is 27.9 Å². The van der Waals surface area contributed by atoms with Gasteiger partial charge in [-0.2, -0.15) is 4.31 Å². The molecule has 0 bridgehead atoms. The number of carbonyl (C=O) groups is 1. The third-order valence-electron chi connectivity index (χ3n) is 5.15. The standard InChI is InChI=1S/C20H23ClN4O5S/c1-15-6-7-16(25(27)28)14-18(15)22-20(26)8-9-23-10-12-24(13-11-23)31(29,30)19-5-3-2-4-17(19)21/h2-7,14H,8-13H2,1H3,(H,22,26). The molecule has 2 aromatic carbocycles. The highest BCUT2D eigenvalue weighted by Gasteiger charge is 2.29. The SMILES string of the molecule is Cc1ccc([N+](=O)[O-])cc1NC(=O)CCN1CCN(S(=O)(=O)c2ccccc2Cl)CC1. The molecule has 1 aliphatic rings. The van der Waals surface area contributed by atoms with Crippen LogP contribution in [0.1, 0.15) is 12.0 Å². The Morgan fingerprint density at radius 2 is 1.84 bits per heavy atom. The lowest BCUT2D eigenvalue weighted by molar-refractivity contribution is -0.384. The van der Waals surface area contributed by atoms with Crippen LogP contribution in [0.25, 0.3) is 0 Å². The number of hydrogen-bond donors (Lipinski definition) is 1. The Balaban J connectivity index is 1.52. The van der Waals surface area contributed by atoms with Crippen molar-refractivity contribution >= 4 is 38.9 Å². The van der Waals surface area contributed by atoms with Gasteiger partial charge >= 0.3 is 0 Å². The summed E-state index contributed by atoms with van der Waals surface area (Å²) in [6.07, 6.45) is 0.194. The molecule has 31 heavy (non-hydrogen) atoms. The molecule has 0 radical (unpaired) electrons. The predicted octanol–water partition coefficient (Wildman–Crippen LogP) is 2.89. The van der Waals surface area contributed by atoms with Gasteiger partial charge in [0.05, 0.1) is 15.6 Å². The minimum absolute atomic E-state index is 0.0863. The predicted molar refractivity (Wildman–Crippen MR) is 118 cm³/mol. The summed E-state index contributed by atoms with van der Waals surface area (Å²) < 4.78 is 27.0. The smallest absolute Gasteiger partial charge is 0.271 e. The minimum Gasteiger partial charge on any atom is -0.326 e. The third kappa shape index (κ3) is 5.59. The van der Waals surface area contributed by atoms with Gasteiger partial charge in [-0.15, -0.1) is 0 Å². The van der Waals surface area contributed by atoms with E-state index < -0.39 is 14.9 Å². The summed E-state index contributed by atoms with van der Waals surface area (Å²) in [7, 11) is -3.66. The lowest BCUT2D eigenvalue weighted by Gasteiger charge is -2.34. The number of sulfonamides is 1. The second-order valence-corrected chi connectivity index (χ2v) is 9.54. The lowest BCUT2D eigenvalue weighted by atomic mass is 10.1. The van der Waals surface area contributed by atoms with Gasteiger partial charge in [0, 0.05) is 51.3 Å². The molecule has 11 heteroatoms. The summed E-state index contributed by atoms with van der Waals surface area (Å²) in [6, 6.07) is 10.7. The maximum Gasteiger partial charge on any atom is 0.271 e. The normalized spacial score (nSPS) is 15.5. The first kappa shape index (κ1) is 23.1. The number of carbonyl (C=O) groups excluding carboxylic acids is 1. The first-order valence-electron chi connectivity index (χ1n) is 9.70. The van der Waals surface area contributed by atoms with Crippen molar-refractivity contribution in [3.05, 3.63) is 63.2 Å². The average Bonchev–Trinajstić information content (AvgIpc) is 2.74. The van der Waals surface area contributed by atoms with Crippen molar-refractivity contribution in [3.63, 3.8) is 0 Å². The summed E-state index contributed by atoms with van der Waals surface area (Å²) in [5.74, 6) is -0.255. The van der Waals surface area contributed by atoms with Crippen LogP contribution >= 0.6 is 11.6 Å². The van der Waals surface area contributed by atoms with Crippen LogP contribution in [-0.4, -0.2) is 61.2 Å². The molecule has 2 aromatic rings. The van der Waals surface area contributed by atoms with Gasteiger partial charge < -0.3 is 10.2 Å². The van der Waals surface area contributed by atoms with E-state index in [9.17, 15) is 23.3 Å². The maximum atomic E-state index is 12.8. The van der Waals surface area contributed by atoms with Crippen LogP contribution in [0.3, 0.4) is 0 Å². The summed E-state index contributed by atoms with van der Waals surface area (Å²) in [5, 5.41) is 13.8. The Morgan fingerprint density at radius 3 is 2.48 bits per heavy atom. The molecule has 166 valence electrons. The number of non-ortho nitro benzene ring substituents is 1. The highest BCUT2D eigenvalue weighted by atomic mass is 35.5. The quantitative estimate of drug-likeness (QED) is 0.496. The van der Waals surface area contributed by atoms with Gasteiger partial charge in [0.1, 0.15) is 4.90 Å². The molecule has 0 aliphatic carbocycles. The number of halogens is 1. The molecule has 1 saturated heterocycles. The van der Waals surface area contributed by atoms with Crippen molar-refractivity contribution in [2.45, 2.75) is 18.2 Å². The van der Waals surface area contributed by atoms with E-state index in [4.69, 9.17) is 11.6 Å². The monoisotopic (exact) mass is 466 g/mol. The summed E-state index contributed by atoms with van der Waals surface area (Å²) >= 11 is 6.05. The maximum absolute atomic E-state index is 12.8. The number of aryl methyl sites for hydroxylation is 1. The highest BCUT2D eigenvalue weighted by molar-refractivity contribution is 7.89. The van der Waals surface area contributed by atoms with Crippen molar-refractivity contribution in [1.29, 1.82) is 0 Å². The molecular formula is C20H23ClN4O5S. The van der Waals surface area contributed by atoms with Crippen LogP contribution in [0.5, 0.6) is 0 Å². The number of piperazine rings is 1. The lowest BCUT2D eigenvalue weighted by Crippen LogP contribution is -2.49. The number of nitrogens with zero attached hydrogens (tertiary/aromatic N) is 3. The molecule has 3 rings (SSSR count). The summed E-state index contributed by atoms with van der Waals surface area (Å²) in [5.41, 5.74) is 1.06. The number of anilines is 1. The zero-order valence-corrected chi connectivity index (χ0v) is 18.5. The van der Waals surface area contributed by atoms with Crippen LogP contribution in [-0.2, 0) is 14.8 Å². The number of amides is 1. The Morgan fingerprint density at radius 1 is 1.16 bits per heavy atom. The molecule has 0 atom stereocenters. The number of hydrogen-bond acceptors (Lipinski definition) is 6. The summed E-state index contributed by atoms with van der Waals surface area (Å²) in [6.45, 7) is 3.82.